The zero-order valence-electron chi connectivity index (χ0n) is 11.3. The lowest BCUT2D eigenvalue weighted by molar-refractivity contribution is 0.414. The van der Waals surface area contributed by atoms with Gasteiger partial charge >= 0.3 is 0 Å². The Balaban J connectivity index is 2.46. The van der Waals surface area contributed by atoms with Gasteiger partial charge in [0, 0.05) is 24.8 Å². The molecule has 2 aromatic rings. The van der Waals surface area contributed by atoms with Crippen molar-refractivity contribution in [2.45, 2.75) is 39.3 Å². The van der Waals surface area contributed by atoms with E-state index in [4.69, 9.17) is 5.73 Å². The Morgan fingerprint density at radius 1 is 1.39 bits per heavy atom. The minimum atomic E-state index is -0.00935. The fourth-order valence-electron chi connectivity index (χ4n) is 2.19. The number of rotatable bonds is 4. The summed E-state index contributed by atoms with van der Waals surface area (Å²) in [5, 5.41) is 8.67. The van der Waals surface area contributed by atoms with Gasteiger partial charge in [-0.25, -0.2) is 9.67 Å². The number of nitrogens with two attached hydrogens (primary N) is 1. The Bertz CT molecular complexity index is 526. The van der Waals surface area contributed by atoms with E-state index < -0.39 is 0 Å². The molecule has 0 saturated heterocycles. The third-order valence-electron chi connectivity index (χ3n) is 3.11. The highest BCUT2D eigenvalue weighted by Gasteiger charge is 2.24. The molecule has 0 fully saturated rings. The average Bonchev–Trinajstić information content (AvgIpc) is 2.86. The lowest BCUT2D eigenvalue weighted by Crippen LogP contribution is -2.33. The molecule has 2 rings (SSSR count). The monoisotopic (exact) mass is 248 g/mol. The number of hydrogen-bond acceptors (Lipinski definition) is 4. The van der Waals surface area contributed by atoms with E-state index in [0.717, 1.165) is 23.6 Å². The van der Waals surface area contributed by atoms with Crippen molar-refractivity contribution in [1.82, 2.24) is 24.5 Å². The van der Waals surface area contributed by atoms with Crippen molar-refractivity contribution in [3.63, 3.8) is 0 Å². The lowest BCUT2D eigenvalue weighted by Gasteiger charge is -2.22. The SMILES string of the molecule is CCC(N)C(c1cnn(C)c1)n1nc(C)nc1C. The third-order valence-corrected chi connectivity index (χ3v) is 3.11. The summed E-state index contributed by atoms with van der Waals surface area (Å²) in [6, 6.07) is -0.0149. The summed E-state index contributed by atoms with van der Waals surface area (Å²) in [7, 11) is 1.90. The second kappa shape index (κ2) is 4.89. The zero-order valence-corrected chi connectivity index (χ0v) is 11.3. The van der Waals surface area contributed by atoms with Crippen molar-refractivity contribution in [3.05, 3.63) is 29.6 Å². The molecule has 0 bridgehead atoms. The van der Waals surface area contributed by atoms with E-state index in [-0.39, 0.29) is 12.1 Å². The van der Waals surface area contributed by atoms with E-state index in [1.807, 2.05) is 38.0 Å². The number of nitrogens with zero attached hydrogens (tertiary/aromatic N) is 5. The molecule has 0 aromatic carbocycles. The van der Waals surface area contributed by atoms with Gasteiger partial charge in [-0.1, -0.05) is 6.92 Å². The van der Waals surface area contributed by atoms with Gasteiger partial charge in [-0.2, -0.15) is 10.2 Å². The third kappa shape index (κ3) is 2.28. The molecule has 0 aliphatic carbocycles. The van der Waals surface area contributed by atoms with E-state index in [0.29, 0.717) is 0 Å². The molecule has 2 atom stereocenters. The molecule has 6 nitrogen and oxygen atoms in total. The molecule has 6 heteroatoms. The number of hydrogen-bond donors (Lipinski definition) is 1. The molecule has 0 saturated carbocycles. The highest BCUT2D eigenvalue weighted by Crippen LogP contribution is 2.22. The van der Waals surface area contributed by atoms with E-state index in [1.54, 1.807) is 4.68 Å². The predicted molar refractivity (Wildman–Crippen MR) is 69.1 cm³/mol. The van der Waals surface area contributed by atoms with E-state index >= 15 is 0 Å². The first-order valence-corrected chi connectivity index (χ1v) is 6.16. The van der Waals surface area contributed by atoms with Crippen molar-refractivity contribution in [2.75, 3.05) is 0 Å². The molecular formula is C12H20N6. The Morgan fingerprint density at radius 2 is 2.11 bits per heavy atom. The van der Waals surface area contributed by atoms with Crippen LogP contribution in [0.5, 0.6) is 0 Å². The molecule has 0 aliphatic rings. The van der Waals surface area contributed by atoms with Gasteiger partial charge in [-0.3, -0.25) is 4.68 Å². The van der Waals surface area contributed by atoms with Crippen LogP contribution in [-0.2, 0) is 7.05 Å². The smallest absolute Gasteiger partial charge is 0.147 e. The molecule has 2 N–H and O–H groups in total. The van der Waals surface area contributed by atoms with Crippen LogP contribution in [0.4, 0.5) is 0 Å². The first-order valence-electron chi connectivity index (χ1n) is 6.16. The number of aryl methyl sites for hydroxylation is 3. The quantitative estimate of drug-likeness (QED) is 0.874. The van der Waals surface area contributed by atoms with Crippen LogP contribution >= 0.6 is 0 Å². The molecular weight excluding hydrogens is 228 g/mol. The summed E-state index contributed by atoms with van der Waals surface area (Å²) < 4.78 is 3.68. The van der Waals surface area contributed by atoms with E-state index in [1.165, 1.54) is 0 Å². The standard InChI is InChI=1S/C12H20N6/c1-5-11(13)12(10-6-14-17(4)7-10)18-9(3)15-8(2)16-18/h6-7,11-12H,5,13H2,1-4H3. The van der Waals surface area contributed by atoms with Crippen LogP contribution in [0.15, 0.2) is 12.4 Å². The second-order valence-electron chi connectivity index (χ2n) is 4.62. The highest BCUT2D eigenvalue weighted by atomic mass is 15.4. The largest absolute Gasteiger partial charge is 0.326 e. The molecule has 0 aliphatic heterocycles. The predicted octanol–water partition coefficient (Wildman–Crippen LogP) is 0.955. The maximum Gasteiger partial charge on any atom is 0.147 e. The fraction of sp³-hybridized carbons (Fsp3) is 0.583. The highest BCUT2D eigenvalue weighted by molar-refractivity contribution is 5.15. The van der Waals surface area contributed by atoms with Gasteiger partial charge in [-0.15, -0.1) is 0 Å². The van der Waals surface area contributed by atoms with Crippen molar-refractivity contribution < 1.29 is 0 Å². The summed E-state index contributed by atoms with van der Waals surface area (Å²) >= 11 is 0. The van der Waals surface area contributed by atoms with E-state index in [9.17, 15) is 0 Å². The van der Waals surface area contributed by atoms with Crippen LogP contribution in [0.1, 0.15) is 36.6 Å². The Hall–Kier alpha value is -1.69. The maximum atomic E-state index is 6.24. The lowest BCUT2D eigenvalue weighted by atomic mass is 10.0. The summed E-state index contributed by atoms with van der Waals surface area (Å²) in [6.45, 7) is 5.92. The maximum absolute atomic E-state index is 6.24. The number of aromatic nitrogens is 5. The van der Waals surface area contributed by atoms with Crippen LogP contribution in [-0.4, -0.2) is 30.6 Å². The van der Waals surface area contributed by atoms with Gasteiger partial charge in [0.2, 0.25) is 0 Å². The van der Waals surface area contributed by atoms with E-state index in [2.05, 4.69) is 22.1 Å². The summed E-state index contributed by atoms with van der Waals surface area (Å²) in [5.41, 5.74) is 7.31. The van der Waals surface area contributed by atoms with Crippen LogP contribution in [0.25, 0.3) is 0 Å². The van der Waals surface area contributed by atoms with Gasteiger partial charge in [0.05, 0.1) is 12.2 Å². The molecule has 2 unspecified atom stereocenters. The Labute approximate surface area is 107 Å². The summed E-state index contributed by atoms with van der Waals surface area (Å²) in [4.78, 5) is 4.35. The van der Waals surface area contributed by atoms with Gasteiger partial charge in [0.25, 0.3) is 0 Å². The average molecular weight is 248 g/mol. The van der Waals surface area contributed by atoms with Gasteiger partial charge in [0.1, 0.15) is 11.6 Å². The molecule has 0 amide bonds. The minimum Gasteiger partial charge on any atom is -0.326 e. The molecule has 0 spiro atoms. The summed E-state index contributed by atoms with van der Waals surface area (Å²) in [5.74, 6) is 1.65. The van der Waals surface area contributed by atoms with Crippen molar-refractivity contribution >= 4 is 0 Å². The molecule has 0 radical (unpaired) electrons. The van der Waals surface area contributed by atoms with Crippen molar-refractivity contribution in [1.29, 1.82) is 0 Å². The zero-order chi connectivity index (χ0) is 13.3. The van der Waals surface area contributed by atoms with Gasteiger partial charge in [-0.05, 0) is 20.3 Å². The normalized spacial score (nSPS) is 14.7. The molecule has 2 heterocycles. The minimum absolute atomic E-state index is 0.00556. The molecule has 18 heavy (non-hydrogen) atoms. The topological polar surface area (TPSA) is 74.5 Å². The van der Waals surface area contributed by atoms with Crippen molar-refractivity contribution in [2.24, 2.45) is 12.8 Å². The Morgan fingerprint density at radius 3 is 2.56 bits per heavy atom. The first-order chi connectivity index (χ1) is 8.52. The first kappa shape index (κ1) is 12.8. The Kier molecular flexibility index (Phi) is 3.47. The van der Waals surface area contributed by atoms with Crippen molar-refractivity contribution in [3.8, 4) is 0 Å². The van der Waals surface area contributed by atoms with Crippen LogP contribution in [0.3, 0.4) is 0 Å². The molecule has 98 valence electrons. The summed E-state index contributed by atoms with van der Waals surface area (Å²) in [6.07, 6.45) is 4.70. The van der Waals surface area contributed by atoms with Crippen LogP contribution in [0, 0.1) is 13.8 Å². The van der Waals surface area contributed by atoms with Crippen LogP contribution in [0.2, 0.25) is 0 Å². The second-order valence-corrected chi connectivity index (χ2v) is 4.62. The molecule has 2 aromatic heterocycles. The van der Waals surface area contributed by atoms with Crippen LogP contribution < -0.4 is 5.73 Å². The van der Waals surface area contributed by atoms with Gasteiger partial charge < -0.3 is 5.73 Å². The van der Waals surface area contributed by atoms with Gasteiger partial charge in [0.15, 0.2) is 0 Å². The fourth-order valence-corrected chi connectivity index (χ4v) is 2.19.